The zero-order valence-corrected chi connectivity index (χ0v) is 7.48. The van der Waals surface area contributed by atoms with Gasteiger partial charge in [0, 0.05) is 13.2 Å². The standard InChI is InChI=1S/C9H16F2O/c1-2-7-12-8-5-3-4-6-9(10)11/h6H,2-5,7-8H2,1H3. The minimum atomic E-state index is -1.58. The summed E-state index contributed by atoms with van der Waals surface area (Å²) < 4.78 is 28.2. The van der Waals surface area contributed by atoms with Gasteiger partial charge >= 0.3 is 0 Å². The molecule has 0 rings (SSSR count). The summed E-state index contributed by atoms with van der Waals surface area (Å²) in [6, 6.07) is 0. The van der Waals surface area contributed by atoms with Gasteiger partial charge in [-0.2, -0.15) is 8.78 Å². The van der Waals surface area contributed by atoms with E-state index in [1.807, 2.05) is 6.92 Å². The molecule has 0 atom stereocenters. The molecule has 0 unspecified atom stereocenters. The van der Waals surface area contributed by atoms with Crippen LogP contribution in [0.1, 0.15) is 32.6 Å². The van der Waals surface area contributed by atoms with Crippen LogP contribution in [0.5, 0.6) is 0 Å². The zero-order chi connectivity index (χ0) is 9.23. The summed E-state index contributed by atoms with van der Waals surface area (Å²) in [5, 5.41) is 0. The molecule has 12 heavy (non-hydrogen) atoms. The van der Waals surface area contributed by atoms with Gasteiger partial charge in [0.15, 0.2) is 0 Å². The molecular formula is C9H16F2O. The fourth-order valence-electron chi connectivity index (χ4n) is 0.806. The van der Waals surface area contributed by atoms with Crippen molar-refractivity contribution in [3.8, 4) is 0 Å². The van der Waals surface area contributed by atoms with Crippen LogP contribution >= 0.6 is 0 Å². The summed E-state index contributed by atoms with van der Waals surface area (Å²) in [6.07, 6.45) is 2.49. The third kappa shape index (κ3) is 9.56. The summed E-state index contributed by atoms with van der Waals surface area (Å²) in [7, 11) is 0. The van der Waals surface area contributed by atoms with E-state index in [2.05, 4.69) is 0 Å². The summed E-state index contributed by atoms with van der Waals surface area (Å²) in [5.41, 5.74) is 0. The van der Waals surface area contributed by atoms with Gasteiger partial charge in [-0.25, -0.2) is 0 Å². The van der Waals surface area contributed by atoms with Crippen molar-refractivity contribution in [3.63, 3.8) is 0 Å². The average molecular weight is 178 g/mol. The van der Waals surface area contributed by atoms with Gasteiger partial charge in [0.25, 0.3) is 6.08 Å². The number of halogens is 2. The van der Waals surface area contributed by atoms with Crippen molar-refractivity contribution in [2.75, 3.05) is 13.2 Å². The number of ether oxygens (including phenoxy) is 1. The topological polar surface area (TPSA) is 9.23 Å². The van der Waals surface area contributed by atoms with E-state index in [-0.39, 0.29) is 0 Å². The molecule has 0 fully saturated rings. The molecule has 0 heterocycles. The van der Waals surface area contributed by atoms with E-state index in [1.54, 1.807) is 0 Å². The summed E-state index contributed by atoms with van der Waals surface area (Å²) >= 11 is 0. The van der Waals surface area contributed by atoms with E-state index < -0.39 is 6.08 Å². The first kappa shape index (κ1) is 11.6. The molecule has 1 nitrogen and oxygen atoms in total. The predicted molar refractivity (Wildman–Crippen MR) is 45.3 cm³/mol. The Balaban J connectivity index is 2.96. The lowest BCUT2D eigenvalue weighted by atomic mass is 10.2. The van der Waals surface area contributed by atoms with Crippen LogP contribution in [0.4, 0.5) is 8.78 Å². The van der Waals surface area contributed by atoms with Crippen molar-refractivity contribution >= 4 is 0 Å². The van der Waals surface area contributed by atoms with Gasteiger partial charge in [-0.3, -0.25) is 0 Å². The molecule has 0 N–H and O–H groups in total. The molecule has 0 aliphatic carbocycles. The van der Waals surface area contributed by atoms with Crippen LogP contribution < -0.4 is 0 Å². The number of rotatable bonds is 7. The van der Waals surface area contributed by atoms with Gasteiger partial charge in [0.1, 0.15) is 0 Å². The second kappa shape index (κ2) is 8.65. The third-order valence-electron chi connectivity index (χ3n) is 1.39. The zero-order valence-electron chi connectivity index (χ0n) is 7.48. The van der Waals surface area contributed by atoms with Crippen molar-refractivity contribution < 1.29 is 13.5 Å². The van der Waals surface area contributed by atoms with E-state index in [9.17, 15) is 8.78 Å². The minimum absolute atomic E-state index is 0.456. The van der Waals surface area contributed by atoms with Gasteiger partial charge in [0.2, 0.25) is 0 Å². The quantitative estimate of drug-likeness (QED) is 0.543. The highest BCUT2D eigenvalue weighted by atomic mass is 19.3. The Morgan fingerprint density at radius 2 is 2.00 bits per heavy atom. The fourth-order valence-corrected chi connectivity index (χ4v) is 0.806. The smallest absolute Gasteiger partial charge is 0.266 e. The van der Waals surface area contributed by atoms with Crippen molar-refractivity contribution in [3.05, 3.63) is 12.2 Å². The number of hydrogen-bond acceptors (Lipinski definition) is 1. The maximum atomic E-state index is 11.5. The minimum Gasteiger partial charge on any atom is -0.381 e. The van der Waals surface area contributed by atoms with Crippen LogP contribution in [-0.2, 0) is 4.74 Å². The lowest BCUT2D eigenvalue weighted by Gasteiger charge is -1.99. The number of hydrogen-bond donors (Lipinski definition) is 0. The highest BCUT2D eigenvalue weighted by Gasteiger charge is 1.90. The monoisotopic (exact) mass is 178 g/mol. The SMILES string of the molecule is CCCOCCCCC=C(F)F. The van der Waals surface area contributed by atoms with E-state index in [4.69, 9.17) is 4.74 Å². The first-order chi connectivity index (χ1) is 5.77. The van der Waals surface area contributed by atoms with Gasteiger partial charge in [-0.15, -0.1) is 0 Å². The summed E-state index contributed by atoms with van der Waals surface area (Å²) in [5.74, 6) is 0. The predicted octanol–water partition coefficient (Wildman–Crippen LogP) is 3.36. The molecule has 3 heteroatoms. The Morgan fingerprint density at radius 1 is 1.25 bits per heavy atom. The molecule has 0 amide bonds. The molecule has 0 saturated carbocycles. The third-order valence-corrected chi connectivity index (χ3v) is 1.39. The molecule has 0 aliphatic rings. The molecule has 0 saturated heterocycles. The van der Waals surface area contributed by atoms with Crippen LogP contribution in [0.3, 0.4) is 0 Å². The number of unbranched alkanes of at least 4 members (excludes halogenated alkanes) is 2. The Morgan fingerprint density at radius 3 is 2.58 bits per heavy atom. The van der Waals surface area contributed by atoms with Crippen molar-refractivity contribution in [2.24, 2.45) is 0 Å². The highest BCUT2D eigenvalue weighted by molar-refractivity contribution is 4.79. The molecule has 0 spiro atoms. The normalized spacial score (nSPS) is 9.92. The van der Waals surface area contributed by atoms with Crippen LogP contribution in [0, 0.1) is 0 Å². The van der Waals surface area contributed by atoms with Crippen molar-refractivity contribution in [1.82, 2.24) is 0 Å². The van der Waals surface area contributed by atoms with Crippen LogP contribution in [0.25, 0.3) is 0 Å². The molecule has 0 bridgehead atoms. The maximum Gasteiger partial charge on any atom is 0.266 e. The first-order valence-electron chi connectivity index (χ1n) is 4.36. The Hall–Kier alpha value is -0.440. The van der Waals surface area contributed by atoms with Gasteiger partial charge in [-0.1, -0.05) is 6.92 Å². The largest absolute Gasteiger partial charge is 0.381 e. The fraction of sp³-hybridized carbons (Fsp3) is 0.778. The van der Waals surface area contributed by atoms with Crippen LogP contribution in [0.15, 0.2) is 12.2 Å². The Bertz CT molecular complexity index is 120. The van der Waals surface area contributed by atoms with Crippen molar-refractivity contribution in [1.29, 1.82) is 0 Å². The van der Waals surface area contributed by atoms with Crippen molar-refractivity contribution in [2.45, 2.75) is 32.6 Å². The molecule has 0 aromatic rings. The second-order valence-corrected chi connectivity index (χ2v) is 2.60. The van der Waals surface area contributed by atoms with Gasteiger partial charge in [-0.05, 0) is 31.8 Å². The molecule has 0 radical (unpaired) electrons. The lowest BCUT2D eigenvalue weighted by molar-refractivity contribution is 0.131. The average Bonchev–Trinajstić information content (AvgIpc) is 2.02. The summed E-state index contributed by atoms with van der Waals surface area (Å²) in [6.45, 7) is 3.50. The molecule has 0 aliphatic heterocycles. The van der Waals surface area contributed by atoms with E-state index in [0.29, 0.717) is 13.0 Å². The van der Waals surface area contributed by atoms with Gasteiger partial charge in [0.05, 0.1) is 0 Å². The van der Waals surface area contributed by atoms with Crippen LogP contribution in [-0.4, -0.2) is 13.2 Å². The maximum absolute atomic E-state index is 11.5. The first-order valence-corrected chi connectivity index (χ1v) is 4.36. The lowest BCUT2D eigenvalue weighted by Crippen LogP contribution is -1.94. The molecule has 0 aromatic carbocycles. The van der Waals surface area contributed by atoms with Gasteiger partial charge < -0.3 is 4.74 Å². The van der Waals surface area contributed by atoms with E-state index >= 15 is 0 Å². The van der Waals surface area contributed by atoms with E-state index in [0.717, 1.165) is 31.9 Å². The Labute approximate surface area is 72.4 Å². The molecular weight excluding hydrogens is 162 g/mol. The van der Waals surface area contributed by atoms with Crippen LogP contribution in [0.2, 0.25) is 0 Å². The molecule has 72 valence electrons. The number of allylic oxidation sites excluding steroid dienone is 1. The second-order valence-electron chi connectivity index (χ2n) is 2.60. The van der Waals surface area contributed by atoms with E-state index in [1.165, 1.54) is 0 Å². The summed E-state index contributed by atoms with van der Waals surface area (Å²) in [4.78, 5) is 0. The highest BCUT2D eigenvalue weighted by Crippen LogP contribution is 2.03. The Kier molecular flexibility index (Phi) is 8.34. The molecule has 0 aromatic heterocycles.